The first-order valence-corrected chi connectivity index (χ1v) is 7.10. The maximum atomic E-state index is 13.1. The average molecular weight is 291 g/mol. The molecule has 0 aromatic heterocycles. The number of benzene rings is 1. The van der Waals surface area contributed by atoms with E-state index in [2.05, 4.69) is 0 Å². The monoisotopic (exact) mass is 291 g/mol. The van der Waals surface area contributed by atoms with Gasteiger partial charge in [0, 0.05) is 12.1 Å². The summed E-state index contributed by atoms with van der Waals surface area (Å²) in [6, 6.07) is 2.60. The molecule has 1 aromatic carbocycles. The molecule has 0 saturated carbocycles. The van der Waals surface area contributed by atoms with Crippen molar-refractivity contribution in [1.82, 2.24) is 0 Å². The molecule has 1 saturated heterocycles. The third kappa shape index (κ3) is 2.99. The van der Waals surface area contributed by atoms with Gasteiger partial charge < -0.3 is 9.84 Å². The summed E-state index contributed by atoms with van der Waals surface area (Å²) in [4.78, 5) is 9.96. The van der Waals surface area contributed by atoms with Crippen molar-refractivity contribution >= 4 is 15.5 Å². The largest absolute Gasteiger partial charge is 0.480 e. The Morgan fingerprint density at radius 2 is 2.11 bits per heavy atom. The van der Waals surface area contributed by atoms with Crippen molar-refractivity contribution in [3.63, 3.8) is 0 Å². The SMILES string of the molecule is O=[N+]([O-])c1ccc(F)cc1OC1CS(=O)(=O)CC1O. The van der Waals surface area contributed by atoms with Crippen LogP contribution in [0.4, 0.5) is 10.1 Å². The number of ether oxygens (including phenoxy) is 1. The van der Waals surface area contributed by atoms with Crippen molar-refractivity contribution in [2.24, 2.45) is 0 Å². The number of nitrogens with zero attached hydrogens (tertiary/aromatic N) is 1. The Kier molecular flexibility index (Phi) is 3.42. The highest BCUT2D eigenvalue weighted by Gasteiger charge is 2.39. The van der Waals surface area contributed by atoms with Crippen LogP contribution in [0, 0.1) is 15.9 Å². The summed E-state index contributed by atoms with van der Waals surface area (Å²) in [6.45, 7) is 0. The summed E-state index contributed by atoms with van der Waals surface area (Å²) in [5.41, 5.74) is -0.488. The topological polar surface area (TPSA) is 107 Å². The van der Waals surface area contributed by atoms with E-state index in [0.29, 0.717) is 0 Å². The van der Waals surface area contributed by atoms with Gasteiger partial charge in [0.15, 0.2) is 15.6 Å². The second-order valence-electron chi connectivity index (χ2n) is 4.17. The van der Waals surface area contributed by atoms with Crippen LogP contribution in [0.1, 0.15) is 0 Å². The molecule has 1 N–H and O–H groups in total. The molecule has 1 fully saturated rings. The molecular weight excluding hydrogens is 281 g/mol. The van der Waals surface area contributed by atoms with Gasteiger partial charge in [0.1, 0.15) is 18.0 Å². The minimum absolute atomic E-state index is 0.397. The summed E-state index contributed by atoms with van der Waals surface area (Å²) in [6.07, 6.45) is -2.42. The van der Waals surface area contributed by atoms with Crippen molar-refractivity contribution in [2.45, 2.75) is 12.2 Å². The van der Waals surface area contributed by atoms with Crippen LogP contribution in [0.25, 0.3) is 0 Å². The molecule has 1 aliphatic rings. The normalized spacial score (nSPS) is 25.2. The average Bonchev–Trinajstić information content (AvgIpc) is 2.51. The zero-order chi connectivity index (χ0) is 14.2. The van der Waals surface area contributed by atoms with Crippen LogP contribution < -0.4 is 4.74 Å². The fourth-order valence-corrected chi connectivity index (χ4v) is 3.47. The molecule has 2 rings (SSSR count). The van der Waals surface area contributed by atoms with E-state index in [9.17, 15) is 28.0 Å². The molecule has 1 aliphatic heterocycles. The van der Waals surface area contributed by atoms with Gasteiger partial charge in [0.2, 0.25) is 0 Å². The van der Waals surface area contributed by atoms with Gasteiger partial charge in [-0.1, -0.05) is 0 Å². The Labute approximate surface area is 107 Å². The first-order chi connectivity index (χ1) is 8.78. The number of aliphatic hydroxyl groups excluding tert-OH is 1. The quantitative estimate of drug-likeness (QED) is 0.633. The van der Waals surface area contributed by atoms with Crippen LogP contribution in [0.5, 0.6) is 5.75 Å². The summed E-state index contributed by atoms with van der Waals surface area (Å²) >= 11 is 0. The number of nitro benzene ring substituents is 1. The number of nitro groups is 1. The van der Waals surface area contributed by atoms with Crippen molar-refractivity contribution in [3.05, 3.63) is 34.1 Å². The number of halogens is 1. The van der Waals surface area contributed by atoms with Gasteiger partial charge in [-0.2, -0.15) is 0 Å². The Morgan fingerprint density at radius 1 is 1.42 bits per heavy atom. The molecular formula is C10H10FNO6S. The molecule has 2 atom stereocenters. The van der Waals surface area contributed by atoms with E-state index in [1.54, 1.807) is 0 Å². The third-order valence-corrected chi connectivity index (χ3v) is 4.35. The van der Waals surface area contributed by atoms with Gasteiger partial charge >= 0.3 is 5.69 Å². The van der Waals surface area contributed by atoms with Gasteiger partial charge in [-0.3, -0.25) is 10.1 Å². The molecule has 0 spiro atoms. The molecule has 2 unspecified atom stereocenters. The number of hydrogen-bond acceptors (Lipinski definition) is 6. The highest BCUT2D eigenvalue weighted by molar-refractivity contribution is 7.91. The van der Waals surface area contributed by atoms with Crippen LogP contribution in [0.3, 0.4) is 0 Å². The van der Waals surface area contributed by atoms with E-state index in [-0.39, 0.29) is 0 Å². The van der Waals surface area contributed by atoms with E-state index >= 15 is 0 Å². The highest BCUT2D eigenvalue weighted by Crippen LogP contribution is 2.30. The standard InChI is InChI=1S/C10H10FNO6S/c11-6-1-2-7(12(14)15)9(3-6)18-10-5-19(16,17)4-8(10)13/h1-3,8,10,13H,4-5H2. The third-order valence-electron chi connectivity index (χ3n) is 2.67. The lowest BCUT2D eigenvalue weighted by atomic mass is 10.2. The Morgan fingerprint density at radius 3 is 2.63 bits per heavy atom. The smallest absolute Gasteiger partial charge is 0.311 e. The van der Waals surface area contributed by atoms with Crippen LogP contribution in [-0.2, 0) is 9.84 Å². The summed E-state index contributed by atoms with van der Waals surface area (Å²) < 4.78 is 40.7. The Hall–Kier alpha value is -1.74. The number of sulfone groups is 1. The van der Waals surface area contributed by atoms with E-state index in [4.69, 9.17) is 4.74 Å². The fraction of sp³-hybridized carbons (Fsp3) is 0.400. The van der Waals surface area contributed by atoms with Gasteiger partial charge in [-0.05, 0) is 6.07 Å². The number of hydrogen-bond donors (Lipinski definition) is 1. The van der Waals surface area contributed by atoms with Crippen molar-refractivity contribution < 1.29 is 27.6 Å². The van der Waals surface area contributed by atoms with Gasteiger partial charge in [-0.15, -0.1) is 0 Å². The lowest BCUT2D eigenvalue weighted by Gasteiger charge is -2.15. The van der Waals surface area contributed by atoms with Gasteiger partial charge in [0.25, 0.3) is 0 Å². The Balaban J connectivity index is 2.29. The first-order valence-electron chi connectivity index (χ1n) is 5.27. The Bertz CT molecular complexity index is 616. The fourth-order valence-electron chi connectivity index (χ4n) is 1.81. The first kappa shape index (κ1) is 13.7. The summed E-state index contributed by atoms with van der Waals surface area (Å²) in [7, 11) is -3.45. The van der Waals surface area contributed by atoms with Crippen LogP contribution in [0.2, 0.25) is 0 Å². The van der Waals surface area contributed by atoms with E-state index in [1.807, 2.05) is 0 Å². The predicted octanol–water partition coefficient (Wildman–Crippen LogP) is 0.271. The molecule has 7 nitrogen and oxygen atoms in total. The molecule has 0 bridgehead atoms. The second-order valence-corrected chi connectivity index (χ2v) is 6.32. The van der Waals surface area contributed by atoms with Crippen LogP contribution in [-0.4, -0.2) is 42.2 Å². The van der Waals surface area contributed by atoms with Crippen LogP contribution >= 0.6 is 0 Å². The molecule has 0 radical (unpaired) electrons. The summed E-state index contributed by atoms with van der Waals surface area (Å²) in [5, 5.41) is 20.3. The van der Waals surface area contributed by atoms with Crippen molar-refractivity contribution in [2.75, 3.05) is 11.5 Å². The van der Waals surface area contributed by atoms with E-state index in [0.717, 1.165) is 18.2 Å². The minimum atomic E-state index is -3.45. The van der Waals surface area contributed by atoms with Gasteiger partial charge in [0.05, 0.1) is 16.4 Å². The maximum Gasteiger partial charge on any atom is 0.311 e. The lowest BCUT2D eigenvalue weighted by molar-refractivity contribution is -0.386. The molecule has 1 aromatic rings. The van der Waals surface area contributed by atoms with E-state index in [1.165, 1.54) is 0 Å². The van der Waals surface area contributed by atoms with Gasteiger partial charge in [-0.25, -0.2) is 12.8 Å². The number of aliphatic hydroxyl groups is 1. The lowest BCUT2D eigenvalue weighted by Crippen LogP contribution is -2.30. The molecule has 104 valence electrons. The van der Waals surface area contributed by atoms with Crippen molar-refractivity contribution in [3.8, 4) is 5.75 Å². The molecule has 19 heavy (non-hydrogen) atoms. The molecule has 0 amide bonds. The molecule has 1 heterocycles. The highest BCUT2D eigenvalue weighted by atomic mass is 32.2. The summed E-state index contributed by atoms with van der Waals surface area (Å²) in [5.74, 6) is -2.08. The molecule has 9 heteroatoms. The zero-order valence-electron chi connectivity index (χ0n) is 9.52. The zero-order valence-corrected chi connectivity index (χ0v) is 10.3. The maximum absolute atomic E-state index is 13.1. The predicted molar refractivity (Wildman–Crippen MR) is 62.1 cm³/mol. The second kappa shape index (κ2) is 4.74. The molecule has 0 aliphatic carbocycles. The minimum Gasteiger partial charge on any atom is -0.480 e. The van der Waals surface area contributed by atoms with E-state index < -0.39 is 55.7 Å². The number of rotatable bonds is 3. The van der Waals surface area contributed by atoms with Crippen molar-refractivity contribution in [1.29, 1.82) is 0 Å². The van der Waals surface area contributed by atoms with Crippen LogP contribution in [0.15, 0.2) is 18.2 Å².